The fourth-order valence-corrected chi connectivity index (χ4v) is 1.80. The van der Waals surface area contributed by atoms with Crippen LogP contribution in [0.2, 0.25) is 0 Å². The first-order valence-corrected chi connectivity index (χ1v) is 5.57. The smallest absolute Gasteiger partial charge is 0.150 e. The normalized spacial score (nSPS) is 10.2. The Balaban J connectivity index is 2.07. The van der Waals surface area contributed by atoms with Crippen molar-refractivity contribution in [1.82, 2.24) is 0 Å². The van der Waals surface area contributed by atoms with Gasteiger partial charge in [-0.05, 0) is 36.1 Å². The van der Waals surface area contributed by atoms with Gasteiger partial charge in [0.05, 0.1) is 0 Å². The van der Waals surface area contributed by atoms with Gasteiger partial charge >= 0.3 is 0 Å². The molecule has 0 saturated heterocycles. The van der Waals surface area contributed by atoms with Crippen LogP contribution in [0.15, 0.2) is 48.5 Å². The molecule has 0 aliphatic heterocycles. The third-order valence-electron chi connectivity index (χ3n) is 2.73. The minimum Gasteiger partial charge on any atom is -0.298 e. The summed E-state index contributed by atoms with van der Waals surface area (Å²) in [7, 11) is 0. The van der Waals surface area contributed by atoms with Gasteiger partial charge in [-0.1, -0.05) is 36.4 Å². The van der Waals surface area contributed by atoms with Gasteiger partial charge in [-0.3, -0.25) is 4.79 Å². The number of benzene rings is 2. The van der Waals surface area contributed by atoms with Crippen molar-refractivity contribution >= 4 is 6.29 Å². The zero-order chi connectivity index (χ0) is 12.1. The van der Waals surface area contributed by atoms with E-state index in [1.165, 1.54) is 6.07 Å². The molecule has 0 N–H and O–H groups in total. The highest BCUT2D eigenvalue weighted by Gasteiger charge is 2.01. The average molecular weight is 228 g/mol. The Morgan fingerprint density at radius 3 is 2.59 bits per heavy atom. The highest BCUT2D eigenvalue weighted by Crippen LogP contribution is 2.11. The third kappa shape index (κ3) is 3.00. The summed E-state index contributed by atoms with van der Waals surface area (Å²) in [6.07, 6.45) is 2.21. The van der Waals surface area contributed by atoms with Gasteiger partial charge < -0.3 is 0 Å². The number of carbonyl (C=O) groups is 1. The lowest BCUT2D eigenvalue weighted by molar-refractivity contribution is 0.112. The van der Waals surface area contributed by atoms with E-state index in [4.69, 9.17) is 0 Å². The second-order valence-corrected chi connectivity index (χ2v) is 3.95. The Kier molecular flexibility index (Phi) is 3.66. The molecule has 2 aromatic rings. The maximum absolute atomic E-state index is 13.4. The number of aldehydes is 1. The predicted octanol–water partition coefficient (Wildman–Crippen LogP) is 3.42. The highest BCUT2D eigenvalue weighted by molar-refractivity contribution is 5.74. The maximum atomic E-state index is 13.4. The fourth-order valence-electron chi connectivity index (χ4n) is 1.80. The molecule has 2 heteroatoms. The molecule has 0 radical (unpaired) electrons. The Bertz CT molecular complexity index is 520. The summed E-state index contributed by atoms with van der Waals surface area (Å²) >= 11 is 0. The van der Waals surface area contributed by atoms with E-state index in [0.717, 1.165) is 18.3 Å². The molecule has 0 aliphatic rings. The second-order valence-electron chi connectivity index (χ2n) is 3.95. The van der Waals surface area contributed by atoms with E-state index in [1.807, 2.05) is 24.3 Å². The SMILES string of the molecule is O=Cc1cccc(CCc2ccccc2F)c1. The van der Waals surface area contributed by atoms with Crippen LogP contribution >= 0.6 is 0 Å². The van der Waals surface area contributed by atoms with E-state index in [-0.39, 0.29) is 5.82 Å². The van der Waals surface area contributed by atoms with Crippen LogP contribution in [0.5, 0.6) is 0 Å². The van der Waals surface area contributed by atoms with Gasteiger partial charge in [0.15, 0.2) is 0 Å². The molecule has 2 rings (SSSR count). The Labute approximate surface area is 99.9 Å². The molecule has 0 unspecified atom stereocenters. The lowest BCUT2D eigenvalue weighted by Crippen LogP contribution is -1.95. The van der Waals surface area contributed by atoms with Crippen LogP contribution in [0.4, 0.5) is 4.39 Å². The van der Waals surface area contributed by atoms with Crippen molar-refractivity contribution < 1.29 is 9.18 Å². The molecule has 0 aliphatic carbocycles. The van der Waals surface area contributed by atoms with Crippen molar-refractivity contribution in [2.45, 2.75) is 12.8 Å². The highest BCUT2D eigenvalue weighted by atomic mass is 19.1. The molecule has 86 valence electrons. The van der Waals surface area contributed by atoms with Crippen LogP contribution in [-0.2, 0) is 12.8 Å². The van der Waals surface area contributed by atoms with Crippen LogP contribution in [0.1, 0.15) is 21.5 Å². The van der Waals surface area contributed by atoms with E-state index in [2.05, 4.69) is 0 Å². The molecule has 0 amide bonds. The molecule has 0 spiro atoms. The molecule has 0 atom stereocenters. The van der Waals surface area contributed by atoms with E-state index in [0.29, 0.717) is 17.5 Å². The standard InChI is InChI=1S/C15H13FO/c16-15-7-2-1-6-14(15)9-8-12-4-3-5-13(10-12)11-17/h1-7,10-11H,8-9H2. The Morgan fingerprint density at radius 1 is 1.00 bits per heavy atom. The van der Waals surface area contributed by atoms with Gasteiger partial charge in [0.2, 0.25) is 0 Å². The van der Waals surface area contributed by atoms with Crippen molar-refractivity contribution in [2.24, 2.45) is 0 Å². The van der Waals surface area contributed by atoms with Crippen LogP contribution in [0.25, 0.3) is 0 Å². The van der Waals surface area contributed by atoms with Crippen molar-refractivity contribution in [3.05, 3.63) is 71.0 Å². The molecule has 2 aromatic carbocycles. The summed E-state index contributed by atoms with van der Waals surface area (Å²) in [5.41, 5.74) is 2.43. The third-order valence-corrected chi connectivity index (χ3v) is 2.73. The van der Waals surface area contributed by atoms with Crippen molar-refractivity contribution in [3.63, 3.8) is 0 Å². The number of halogens is 1. The molecule has 0 aromatic heterocycles. The van der Waals surface area contributed by atoms with Crippen LogP contribution < -0.4 is 0 Å². The largest absolute Gasteiger partial charge is 0.298 e. The monoisotopic (exact) mass is 228 g/mol. The first kappa shape index (κ1) is 11.5. The van der Waals surface area contributed by atoms with Gasteiger partial charge in [0.1, 0.15) is 12.1 Å². The van der Waals surface area contributed by atoms with Gasteiger partial charge in [-0.15, -0.1) is 0 Å². The summed E-state index contributed by atoms with van der Waals surface area (Å²) in [5.74, 6) is -0.168. The first-order chi connectivity index (χ1) is 8.29. The Morgan fingerprint density at radius 2 is 1.82 bits per heavy atom. The van der Waals surface area contributed by atoms with E-state index in [1.54, 1.807) is 18.2 Å². The number of rotatable bonds is 4. The van der Waals surface area contributed by atoms with E-state index >= 15 is 0 Å². The lowest BCUT2D eigenvalue weighted by atomic mass is 10.0. The predicted molar refractivity (Wildman–Crippen MR) is 65.6 cm³/mol. The number of carbonyl (C=O) groups excluding carboxylic acids is 1. The van der Waals surface area contributed by atoms with Crippen molar-refractivity contribution in [1.29, 1.82) is 0 Å². The molecule has 0 fully saturated rings. The Hall–Kier alpha value is -1.96. The molecular formula is C15H13FO. The topological polar surface area (TPSA) is 17.1 Å². The lowest BCUT2D eigenvalue weighted by Gasteiger charge is -2.04. The summed E-state index contributed by atoms with van der Waals surface area (Å²) in [5, 5.41) is 0. The molecule has 1 nitrogen and oxygen atoms in total. The fraction of sp³-hybridized carbons (Fsp3) is 0.133. The quantitative estimate of drug-likeness (QED) is 0.733. The summed E-state index contributed by atoms with van der Waals surface area (Å²) in [4.78, 5) is 10.6. The van der Waals surface area contributed by atoms with Gasteiger partial charge in [-0.2, -0.15) is 0 Å². The van der Waals surface area contributed by atoms with Crippen LogP contribution in [0.3, 0.4) is 0 Å². The molecule has 0 bridgehead atoms. The maximum Gasteiger partial charge on any atom is 0.150 e. The summed E-state index contributed by atoms with van der Waals surface area (Å²) in [6, 6.07) is 14.2. The van der Waals surface area contributed by atoms with Gasteiger partial charge in [0, 0.05) is 5.56 Å². The zero-order valence-corrected chi connectivity index (χ0v) is 9.40. The summed E-state index contributed by atoms with van der Waals surface area (Å²) < 4.78 is 13.4. The average Bonchev–Trinajstić information content (AvgIpc) is 2.38. The van der Waals surface area contributed by atoms with Crippen LogP contribution in [0, 0.1) is 5.82 Å². The number of hydrogen-bond acceptors (Lipinski definition) is 1. The number of aryl methyl sites for hydroxylation is 2. The molecule has 0 saturated carbocycles. The van der Waals surface area contributed by atoms with E-state index in [9.17, 15) is 9.18 Å². The van der Waals surface area contributed by atoms with Crippen LogP contribution in [-0.4, -0.2) is 6.29 Å². The molecule has 0 heterocycles. The first-order valence-electron chi connectivity index (χ1n) is 5.57. The minimum absolute atomic E-state index is 0.168. The summed E-state index contributed by atoms with van der Waals surface area (Å²) in [6.45, 7) is 0. The van der Waals surface area contributed by atoms with Gasteiger partial charge in [-0.25, -0.2) is 4.39 Å². The zero-order valence-electron chi connectivity index (χ0n) is 9.40. The molecule has 17 heavy (non-hydrogen) atoms. The van der Waals surface area contributed by atoms with Crippen molar-refractivity contribution in [2.75, 3.05) is 0 Å². The number of hydrogen-bond donors (Lipinski definition) is 0. The second kappa shape index (κ2) is 5.39. The molecular weight excluding hydrogens is 215 g/mol. The van der Waals surface area contributed by atoms with E-state index < -0.39 is 0 Å². The van der Waals surface area contributed by atoms with Gasteiger partial charge in [0.25, 0.3) is 0 Å². The minimum atomic E-state index is -0.168. The van der Waals surface area contributed by atoms with Crippen molar-refractivity contribution in [3.8, 4) is 0 Å².